The molecule has 2 N–H and O–H groups in total. The molecule has 6 nitrogen and oxygen atoms in total. The van der Waals surface area contributed by atoms with Gasteiger partial charge < -0.3 is 10.2 Å². The van der Waals surface area contributed by atoms with Crippen LogP contribution >= 0.6 is 0 Å². The van der Waals surface area contributed by atoms with Crippen molar-refractivity contribution >= 4 is 5.91 Å². The van der Waals surface area contributed by atoms with Gasteiger partial charge in [0.2, 0.25) is 5.91 Å². The molecule has 0 bridgehead atoms. The summed E-state index contributed by atoms with van der Waals surface area (Å²) in [5.74, 6) is 0.110. The van der Waals surface area contributed by atoms with E-state index in [1.807, 2.05) is 24.4 Å². The summed E-state index contributed by atoms with van der Waals surface area (Å²) in [4.78, 5) is 16.7. The third-order valence-electron chi connectivity index (χ3n) is 4.60. The molecule has 0 radical (unpaired) electrons. The lowest BCUT2D eigenvalue weighted by Gasteiger charge is -2.23. The average Bonchev–Trinajstić information content (AvgIpc) is 2.98. The van der Waals surface area contributed by atoms with Crippen LogP contribution in [0.5, 0.6) is 0 Å². The Hall–Kier alpha value is -2.18. The van der Waals surface area contributed by atoms with Gasteiger partial charge in [0.1, 0.15) is 0 Å². The van der Waals surface area contributed by atoms with Crippen LogP contribution in [0.1, 0.15) is 5.56 Å². The summed E-state index contributed by atoms with van der Waals surface area (Å²) in [5.41, 5.74) is 3.37. The van der Waals surface area contributed by atoms with Crippen molar-refractivity contribution in [2.45, 2.75) is 6.54 Å². The molecule has 1 aromatic carbocycles. The second kappa shape index (κ2) is 7.59. The predicted octanol–water partition coefficient (Wildman–Crippen LogP) is 1.19. The van der Waals surface area contributed by atoms with Gasteiger partial charge in [-0.2, -0.15) is 5.10 Å². The molecular formula is C18H25N5O. The van der Waals surface area contributed by atoms with Gasteiger partial charge in [0.25, 0.3) is 0 Å². The Balaban J connectivity index is 1.76. The first-order valence-corrected chi connectivity index (χ1v) is 8.37. The first kappa shape index (κ1) is 16.7. The maximum Gasteiger partial charge on any atom is 0.225 e. The average molecular weight is 327 g/mol. The quantitative estimate of drug-likeness (QED) is 0.885. The molecule has 1 atom stereocenters. The number of rotatable bonds is 4. The number of aromatic amines is 1. The monoisotopic (exact) mass is 327 g/mol. The molecule has 128 valence electrons. The number of aromatic nitrogens is 2. The number of likely N-dealkylation sites (N-methyl/N-ethyl adjacent to an activating group) is 1. The molecule has 1 aromatic heterocycles. The summed E-state index contributed by atoms with van der Waals surface area (Å²) in [5, 5.41) is 10.1. The van der Waals surface area contributed by atoms with Gasteiger partial charge in [-0.15, -0.1) is 0 Å². The van der Waals surface area contributed by atoms with Crippen LogP contribution in [-0.2, 0) is 11.3 Å². The van der Waals surface area contributed by atoms with E-state index in [9.17, 15) is 4.79 Å². The number of nitrogens with one attached hydrogen (secondary N) is 2. The van der Waals surface area contributed by atoms with E-state index in [1.165, 1.54) is 5.56 Å². The zero-order valence-electron chi connectivity index (χ0n) is 14.3. The van der Waals surface area contributed by atoms with Gasteiger partial charge in [0.05, 0.1) is 17.8 Å². The van der Waals surface area contributed by atoms with Crippen molar-refractivity contribution in [1.29, 1.82) is 0 Å². The number of hydrogen-bond donors (Lipinski definition) is 2. The van der Waals surface area contributed by atoms with Crippen molar-refractivity contribution in [3.05, 3.63) is 42.1 Å². The minimum Gasteiger partial charge on any atom is -0.359 e. The highest BCUT2D eigenvalue weighted by molar-refractivity contribution is 5.78. The highest BCUT2D eigenvalue weighted by Gasteiger charge is 2.26. The molecule has 0 saturated carbocycles. The van der Waals surface area contributed by atoms with E-state index in [1.54, 1.807) is 7.05 Å². The molecule has 1 fully saturated rings. The number of amides is 1. The van der Waals surface area contributed by atoms with E-state index in [4.69, 9.17) is 0 Å². The number of nitrogens with zero attached hydrogens (tertiary/aromatic N) is 3. The van der Waals surface area contributed by atoms with Crippen molar-refractivity contribution in [2.75, 3.05) is 40.3 Å². The van der Waals surface area contributed by atoms with Gasteiger partial charge in [0, 0.05) is 45.3 Å². The first-order valence-electron chi connectivity index (χ1n) is 8.37. The summed E-state index contributed by atoms with van der Waals surface area (Å²) in [6.07, 6.45) is 1.89. The van der Waals surface area contributed by atoms with Crippen molar-refractivity contribution in [1.82, 2.24) is 25.3 Å². The second-order valence-electron chi connectivity index (χ2n) is 6.44. The molecule has 3 rings (SSSR count). The van der Waals surface area contributed by atoms with E-state index in [0.29, 0.717) is 0 Å². The third-order valence-corrected chi connectivity index (χ3v) is 4.60. The lowest BCUT2D eigenvalue weighted by atomic mass is 10.1. The molecule has 2 aromatic rings. The van der Waals surface area contributed by atoms with E-state index in [-0.39, 0.29) is 11.8 Å². The summed E-state index contributed by atoms with van der Waals surface area (Å²) < 4.78 is 0. The number of carbonyl (C=O) groups excluding carboxylic acids is 1. The number of carbonyl (C=O) groups is 1. The van der Waals surface area contributed by atoms with Gasteiger partial charge in [-0.25, -0.2) is 0 Å². The first-order chi connectivity index (χ1) is 11.7. The standard InChI is InChI=1S/C18H25N5O/c1-19-18(24)16-11-22(2)8-9-23(13-16)12-15-10-20-21-17(15)14-6-4-3-5-7-14/h3-7,10,16H,8-9,11-13H2,1-2H3,(H,19,24)(H,20,21)/t16-/m1/s1. The van der Waals surface area contributed by atoms with Crippen LogP contribution in [0.2, 0.25) is 0 Å². The summed E-state index contributed by atoms with van der Waals surface area (Å²) in [6.45, 7) is 4.27. The van der Waals surface area contributed by atoms with Crippen LogP contribution in [0.3, 0.4) is 0 Å². The second-order valence-corrected chi connectivity index (χ2v) is 6.44. The highest BCUT2D eigenvalue weighted by atomic mass is 16.1. The lowest BCUT2D eigenvalue weighted by molar-refractivity contribution is -0.125. The summed E-state index contributed by atoms with van der Waals surface area (Å²) >= 11 is 0. The van der Waals surface area contributed by atoms with Crippen molar-refractivity contribution in [2.24, 2.45) is 5.92 Å². The van der Waals surface area contributed by atoms with E-state index in [2.05, 4.69) is 44.5 Å². The largest absolute Gasteiger partial charge is 0.359 e. The zero-order valence-corrected chi connectivity index (χ0v) is 14.3. The topological polar surface area (TPSA) is 64.3 Å². The van der Waals surface area contributed by atoms with E-state index in [0.717, 1.165) is 44.0 Å². The molecule has 1 amide bonds. The summed E-state index contributed by atoms with van der Waals surface area (Å²) in [7, 11) is 3.79. The minimum absolute atomic E-state index is 0.00502. The summed E-state index contributed by atoms with van der Waals surface area (Å²) in [6, 6.07) is 10.2. The van der Waals surface area contributed by atoms with Crippen LogP contribution < -0.4 is 5.32 Å². The SMILES string of the molecule is CNC(=O)[C@@H]1CN(C)CCN(Cc2cn[nH]c2-c2ccccc2)C1. The van der Waals surface area contributed by atoms with E-state index >= 15 is 0 Å². The van der Waals surface area contributed by atoms with Gasteiger partial charge in [-0.1, -0.05) is 30.3 Å². The molecule has 1 aliphatic rings. The Morgan fingerprint density at radius 3 is 2.83 bits per heavy atom. The van der Waals surface area contributed by atoms with Gasteiger partial charge in [-0.05, 0) is 12.6 Å². The fourth-order valence-corrected chi connectivity index (χ4v) is 3.28. The van der Waals surface area contributed by atoms with Crippen molar-refractivity contribution < 1.29 is 4.79 Å². The Morgan fingerprint density at radius 1 is 1.29 bits per heavy atom. The normalized spacial score (nSPS) is 19.8. The van der Waals surface area contributed by atoms with E-state index < -0.39 is 0 Å². The molecule has 1 saturated heterocycles. The van der Waals surface area contributed by atoms with Crippen molar-refractivity contribution in [3.63, 3.8) is 0 Å². The molecule has 24 heavy (non-hydrogen) atoms. The van der Waals surface area contributed by atoms with Crippen LogP contribution in [0.25, 0.3) is 11.3 Å². The van der Waals surface area contributed by atoms with Crippen LogP contribution in [-0.4, -0.2) is 66.2 Å². The molecular weight excluding hydrogens is 302 g/mol. The Morgan fingerprint density at radius 2 is 2.08 bits per heavy atom. The molecule has 1 aliphatic heterocycles. The molecule has 2 heterocycles. The predicted molar refractivity (Wildman–Crippen MR) is 94.4 cm³/mol. The van der Waals surface area contributed by atoms with Crippen molar-refractivity contribution in [3.8, 4) is 11.3 Å². The fraction of sp³-hybridized carbons (Fsp3) is 0.444. The van der Waals surface area contributed by atoms with Crippen LogP contribution in [0, 0.1) is 5.92 Å². The van der Waals surface area contributed by atoms with Gasteiger partial charge >= 0.3 is 0 Å². The maximum absolute atomic E-state index is 12.1. The fourth-order valence-electron chi connectivity index (χ4n) is 3.28. The Labute approximate surface area is 142 Å². The number of benzene rings is 1. The molecule has 6 heteroatoms. The van der Waals surface area contributed by atoms with Crippen LogP contribution in [0.15, 0.2) is 36.5 Å². The molecule has 0 spiro atoms. The smallest absolute Gasteiger partial charge is 0.225 e. The van der Waals surface area contributed by atoms with Gasteiger partial charge in [0.15, 0.2) is 0 Å². The maximum atomic E-state index is 12.1. The Bertz CT molecular complexity index is 669. The molecule has 0 aliphatic carbocycles. The highest BCUT2D eigenvalue weighted by Crippen LogP contribution is 2.22. The Kier molecular flexibility index (Phi) is 5.27. The van der Waals surface area contributed by atoms with Crippen LogP contribution in [0.4, 0.5) is 0 Å². The number of hydrogen-bond acceptors (Lipinski definition) is 4. The third kappa shape index (κ3) is 3.83. The number of H-pyrrole nitrogens is 1. The lowest BCUT2D eigenvalue weighted by Crippen LogP contribution is -2.39. The molecule has 0 unspecified atom stereocenters. The zero-order chi connectivity index (χ0) is 16.9. The van der Waals surface area contributed by atoms with Gasteiger partial charge in [-0.3, -0.25) is 14.8 Å². The minimum atomic E-state index is -0.00502.